The van der Waals surface area contributed by atoms with Crippen molar-refractivity contribution in [2.75, 3.05) is 59.2 Å². The molecule has 13 heterocycles. The second-order valence-electron chi connectivity index (χ2n) is 41.6. The first kappa shape index (κ1) is 82.2. The largest absolute Gasteiger partial charge is 0.481 e. The predicted octanol–water partition coefficient (Wildman–Crippen LogP) is 17.8. The Morgan fingerprint density at radius 2 is 0.733 bits per heavy atom. The summed E-state index contributed by atoms with van der Waals surface area (Å²) in [5.74, 6) is 9.15. The van der Waals surface area contributed by atoms with Gasteiger partial charge in [0.25, 0.3) is 0 Å². The normalized spacial score (nSPS) is 35.4. The molecule has 4 aromatic heterocycles. The zero-order chi connectivity index (χ0) is 80.7. The Kier molecular flexibility index (Phi) is 25.5. The molecule has 7 aromatic rings. The number of piperidine rings is 6. The molecule has 12 bridgehead atoms. The van der Waals surface area contributed by atoms with Gasteiger partial charge in [0.05, 0.1) is 79.0 Å². The molecule has 120 heavy (non-hydrogen) atoms. The number of aromatic nitrogens is 8. The predicted molar refractivity (Wildman–Crippen MR) is 473 cm³/mol. The van der Waals surface area contributed by atoms with E-state index >= 15 is 0 Å². The molecule has 6 saturated carbocycles. The van der Waals surface area contributed by atoms with E-state index in [1.807, 2.05) is 6.20 Å². The average Bonchev–Trinajstić information content (AvgIpc) is 1.39. The van der Waals surface area contributed by atoms with Crippen molar-refractivity contribution in [1.29, 1.82) is 0 Å². The minimum Gasteiger partial charge on any atom is -0.481 e. The topological polar surface area (TPSA) is 184 Å². The molecule has 20 nitrogen and oxygen atoms in total. The highest BCUT2D eigenvalue weighted by atomic mass is 16.5. The standard InChI is InChI=1S/C35H50N6O.C33H48N4O2.C32H46N4O3/c1-38-14-13-36-35(38)23-39-15-16-42-24-31(39)22-34-37-32-11-4-5-12-33(32)41(34)30-20-27-9-6-10-28(21-30)40(27)29-18-25-7-2-3-8-26(17-25)19-29;38-33(39)14-16-35-15-6-11-25(35)22-32-34-30-12-3-4-13-31(30)37(32)29-20-26-9-5-10-27(21-29)36(26)28-18-23-7-1-2-8-24(17-23)19-28;37-32(38)20-34-12-13-39-21-28(34)19-31-33-29-10-3-4-11-30(29)36(31)27-17-24-8-5-9-25(18-27)35(24)26-15-22-6-1-2-7-23(14-22)16-26/h4-5,11-14,25-31H,2-3,6-10,15-24H2,1H3;3-4,12-13,23-29H,1-2,5-11,14-22H2,(H,38,39);3-4,10-11,22-28H,1-2,5-9,12-21H2,(H,37,38)/t25-,26+,27-,28+,29?,30?,31-;23-,24+,25-,26-,27+,28?,29?;22-,23+,24-,25+,26?,27?,28-/m101/s1. The highest BCUT2D eigenvalue weighted by Gasteiger charge is 2.50. The van der Waals surface area contributed by atoms with E-state index in [4.69, 9.17) is 24.4 Å². The monoisotopic (exact) mass is 1640 g/mol. The summed E-state index contributed by atoms with van der Waals surface area (Å²) >= 11 is 0. The molecule has 15 aliphatic rings. The summed E-state index contributed by atoms with van der Waals surface area (Å²) in [4.78, 5) is 59.5. The fourth-order valence-electron chi connectivity index (χ4n) is 29.2. The number of aryl methyl sites for hydroxylation is 1. The summed E-state index contributed by atoms with van der Waals surface area (Å²) in [6, 6.07) is 35.3. The molecule has 6 unspecified atom stereocenters. The Labute approximate surface area is 715 Å². The molecular weight excluding hydrogens is 1490 g/mol. The first-order chi connectivity index (χ1) is 58.9. The van der Waals surface area contributed by atoms with Crippen LogP contribution in [-0.2, 0) is 51.9 Å². The Balaban J connectivity index is 0.000000115. The zero-order valence-corrected chi connectivity index (χ0v) is 72.8. The van der Waals surface area contributed by atoms with Crippen molar-refractivity contribution in [2.45, 2.75) is 367 Å². The van der Waals surface area contributed by atoms with E-state index in [9.17, 15) is 19.8 Å². The van der Waals surface area contributed by atoms with Gasteiger partial charge in [-0.1, -0.05) is 133 Å². The van der Waals surface area contributed by atoms with E-state index in [-0.39, 0.29) is 19.0 Å². The number of ether oxygens (including phenoxy) is 2. The third-order valence-electron chi connectivity index (χ3n) is 34.1. The van der Waals surface area contributed by atoms with Crippen molar-refractivity contribution in [3.8, 4) is 0 Å². The van der Waals surface area contributed by atoms with Crippen LogP contribution in [0.1, 0.15) is 292 Å². The van der Waals surface area contributed by atoms with Crippen LogP contribution < -0.4 is 0 Å². The number of rotatable bonds is 19. The third kappa shape index (κ3) is 17.9. The van der Waals surface area contributed by atoms with Gasteiger partial charge >= 0.3 is 11.9 Å². The molecule has 15 fully saturated rings. The van der Waals surface area contributed by atoms with Gasteiger partial charge in [-0.15, -0.1) is 0 Å². The molecule has 0 radical (unpaired) electrons. The number of hydrogen-bond donors (Lipinski definition) is 2. The van der Waals surface area contributed by atoms with Gasteiger partial charge in [0.2, 0.25) is 0 Å². The first-order valence-electron chi connectivity index (χ1n) is 49.4. The van der Waals surface area contributed by atoms with Crippen LogP contribution in [0.4, 0.5) is 0 Å². The molecule has 3 aromatic carbocycles. The van der Waals surface area contributed by atoms with Crippen LogP contribution in [0.25, 0.3) is 33.1 Å². The van der Waals surface area contributed by atoms with Crippen LogP contribution in [0.3, 0.4) is 0 Å². The van der Waals surface area contributed by atoms with Crippen molar-refractivity contribution in [3.63, 3.8) is 0 Å². The summed E-state index contributed by atoms with van der Waals surface area (Å²) in [7, 11) is 2.10. The number of likely N-dealkylation sites (tertiary alicyclic amines) is 1. The number of carboxylic acid groups (broad SMARTS) is 2. The number of morpholine rings is 2. The van der Waals surface area contributed by atoms with Crippen molar-refractivity contribution >= 4 is 45.0 Å². The van der Waals surface area contributed by atoms with Crippen molar-refractivity contribution in [3.05, 3.63) is 108 Å². The molecule has 9 aliphatic heterocycles. The molecule has 21 atom stereocenters. The minimum absolute atomic E-state index is 0.0515. The fraction of sp³-hybridized carbons (Fsp3) is 0.740. The van der Waals surface area contributed by atoms with Gasteiger partial charge in [-0.25, -0.2) is 19.9 Å². The van der Waals surface area contributed by atoms with Gasteiger partial charge in [-0.05, 0) is 226 Å². The summed E-state index contributed by atoms with van der Waals surface area (Å²) in [5, 5.41) is 18.8. The minimum atomic E-state index is -0.766. The van der Waals surface area contributed by atoms with Crippen LogP contribution in [0.2, 0.25) is 0 Å². The SMILES string of the molecule is Cn1ccnc1CN1CCOC[C@H]1Cc1nc2ccccc2n1C1C[C@H]2CCC[C@@H](C1)N2C1C[C@H]2CCCC[C@@H](C1)C2.O=C(O)CCN1CCC[C@H]1Cc1nc2ccccc2n1C1C[C@H]2CCC[C@@H](C1)N2C1C[C@H]2CCCC[C@@H](C1)C2.O=C(O)CN1CCOC[C@H]1Cc1nc2ccccc2n1C1C[C@H]2CCC[C@@H](C1)N2C1C[C@H]2CCCC[C@@H](C1)C2. The molecule has 2 N–H and O–H groups in total. The molecule has 22 rings (SSSR count). The molecule has 0 amide bonds. The first-order valence-corrected chi connectivity index (χ1v) is 49.4. The van der Waals surface area contributed by atoms with Crippen LogP contribution in [0.15, 0.2) is 85.2 Å². The van der Waals surface area contributed by atoms with Crippen LogP contribution >= 0.6 is 0 Å². The van der Waals surface area contributed by atoms with Gasteiger partial charge in [0.15, 0.2) is 0 Å². The molecule has 9 saturated heterocycles. The number of carboxylic acids is 2. The van der Waals surface area contributed by atoms with E-state index in [0.717, 1.165) is 171 Å². The Hall–Kier alpha value is -6.10. The van der Waals surface area contributed by atoms with Gasteiger partial charge in [0.1, 0.15) is 23.3 Å². The average molecular weight is 1640 g/mol. The van der Waals surface area contributed by atoms with Crippen LogP contribution in [0.5, 0.6) is 0 Å². The van der Waals surface area contributed by atoms with E-state index in [2.05, 4.69) is 139 Å². The second kappa shape index (κ2) is 37.2. The lowest BCUT2D eigenvalue weighted by molar-refractivity contribution is -0.141. The van der Waals surface area contributed by atoms with Crippen LogP contribution in [0, 0.1) is 35.5 Å². The molecule has 6 aliphatic carbocycles. The lowest BCUT2D eigenvalue weighted by atomic mass is 9.73. The highest BCUT2D eigenvalue weighted by Crippen LogP contribution is 2.53. The summed E-state index contributed by atoms with van der Waals surface area (Å²) < 4.78 is 22.0. The molecular formula is C100H144N14O6. The number of para-hydroxylation sites is 6. The lowest BCUT2D eigenvalue weighted by Gasteiger charge is -2.54. The number of nitrogens with zero attached hydrogens (tertiary/aromatic N) is 14. The van der Waals surface area contributed by atoms with Crippen molar-refractivity contribution < 1.29 is 29.3 Å². The maximum atomic E-state index is 11.6. The van der Waals surface area contributed by atoms with E-state index in [1.165, 1.54) is 259 Å². The number of aliphatic carboxylic acids is 2. The lowest BCUT2D eigenvalue weighted by Crippen LogP contribution is -2.58. The van der Waals surface area contributed by atoms with Gasteiger partial charge in [-0.3, -0.25) is 39.0 Å². The molecule has 650 valence electrons. The van der Waals surface area contributed by atoms with Gasteiger partial charge < -0.3 is 38.0 Å². The quantitative estimate of drug-likeness (QED) is 0.0779. The van der Waals surface area contributed by atoms with Crippen molar-refractivity contribution in [1.82, 2.24) is 67.6 Å². The smallest absolute Gasteiger partial charge is 0.317 e. The number of carbonyl (C=O) groups is 2. The van der Waals surface area contributed by atoms with Gasteiger partial charge in [-0.2, -0.15) is 0 Å². The molecule has 20 heteroatoms. The Morgan fingerprint density at radius 1 is 0.367 bits per heavy atom. The van der Waals surface area contributed by atoms with Crippen LogP contribution in [-0.4, -0.2) is 221 Å². The second-order valence-corrected chi connectivity index (χ2v) is 41.6. The molecule has 0 spiro atoms. The summed E-state index contributed by atoms with van der Waals surface area (Å²) in [6.07, 6.45) is 60.0. The van der Waals surface area contributed by atoms with Gasteiger partial charge in [0, 0.05) is 149 Å². The third-order valence-corrected chi connectivity index (χ3v) is 34.1. The summed E-state index contributed by atoms with van der Waals surface area (Å²) in [5.41, 5.74) is 7.24. The van der Waals surface area contributed by atoms with E-state index in [0.29, 0.717) is 68.6 Å². The number of hydrogen-bond acceptors (Lipinski definition) is 14. The maximum Gasteiger partial charge on any atom is 0.317 e. The van der Waals surface area contributed by atoms with E-state index < -0.39 is 11.9 Å². The summed E-state index contributed by atoms with van der Waals surface area (Å²) in [6.45, 7) is 6.96. The van der Waals surface area contributed by atoms with Crippen molar-refractivity contribution in [2.24, 2.45) is 42.6 Å². The number of imidazole rings is 4. The fourth-order valence-corrected chi connectivity index (χ4v) is 29.2. The Morgan fingerprint density at radius 3 is 1.10 bits per heavy atom. The number of benzene rings is 3. The Bertz CT molecular complexity index is 4500. The van der Waals surface area contributed by atoms with E-state index in [1.54, 1.807) is 0 Å². The maximum absolute atomic E-state index is 11.6. The zero-order valence-electron chi connectivity index (χ0n) is 72.8. The highest BCUT2D eigenvalue weighted by molar-refractivity contribution is 5.78. The number of fused-ring (bicyclic) bond motifs is 15.